The fourth-order valence-corrected chi connectivity index (χ4v) is 1.35. The second-order valence-corrected chi connectivity index (χ2v) is 3.15. The minimum absolute atomic E-state index is 0.0925. The summed E-state index contributed by atoms with van der Waals surface area (Å²) >= 11 is 0. The molecule has 1 aromatic carbocycles. The number of hydrogen-bond donors (Lipinski definition) is 2. The summed E-state index contributed by atoms with van der Waals surface area (Å²) < 4.78 is 1.20. The summed E-state index contributed by atoms with van der Waals surface area (Å²) in [5.41, 5.74) is 0.948. The zero-order valence-corrected chi connectivity index (χ0v) is 7.99. The summed E-state index contributed by atoms with van der Waals surface area (Å²) in [5.74, 6) is -2.09. The Balaban J connectivity index is 2.50. The van der Waals surface area contributed by atoms with Gasteiger partial charge in [-0.15, -0.1) is 5.10 Å². The van der Waals surface area contributed by atoms with E-state index in [-0.39, 0.29) is 12.1 Å². The molecule has 7 heteroatoms. The number of hydrogen-bond acceptors (Lipinski definition) is 4. The van der Waals surface area contributed by atoms with E-state index in [0.717, 1.165) is 0 Å². The summed E-state index contributed by atoms with van der Waals surface area (Å²) in [6.45, 7) is -0.303. The van der Waals surface area contributed by atoms with Gasteiger partial charge in [-0.25, -0.2) is 9.48 Å². The summed E-state index contributed by atoms with van der Waals surface area (Å²) in [7, 11) is 0. The van der Waals surface area contributed by atoms with E-state index in [2.05, 4.69) is 10.3 Å². The molecule has 0 fully saturated rings. The maximum Gasteiger partial charge on any atom is 0.335 e. The van der Waals surface area contributed by atoms with Gasteiger partial charge >= 0.3 is 11.9 Å². The molecular weight excluding hydrogens is 214 g/mol. The zero-order valence-electron chi connectivity index (χ0n) is 7.99. The summed E-state index contributed by atoms with van der Waals surface area (Å²) in [5, 5.41) is 24.7. The lowest BCUT2D eigenvalue weighted by Gasteiger charge is -1.97. The highest BCUT2D eigenvalue weighted by Crippen LogP contribution is 2.13. The second-order valence-electron chi connectivity index (χ2n) is 3.15. The Bertz CT molecular complexity index is 575. The molecule has 0 bridgehead atoms. The highest BCUT2D eigenvalue weighted by Gasteiger charge is 2.10. The lowest BCUT2D eigenvalue weighted by Crippen LogP contribution is -2.10. The summed E-state index contributed by atoms with van der Waals surface area (Å²) in [6.07, 6.45) is 0. The number of aromatic carboxylic acids is 1. The van der Waals surface area contributed by atoms with Crippen LogP contribution < -0.4 is 0 Å². The highest BCUT2D eigenvalue weighted by molar-refractivity contribution is 5.92. The van der Waals surface area contributed by atoms with Gasteiger partial charge in [-0.1, -0.05) is 5.21 Å². The third kappa shape index (κ3) is 1.70. The number of fused-ring (bicyclic) bond motifs is 1. The number of carboxylic acids is 2. The van der Waals surface area contributed by atoms with Crippen LogP contribution in [-0.2, 0) is 11.3 Å². The third-order valence-corrected chi connectivity index (χ3v) is 2.05. The van der Waals surface area contributed by atoms with Crippen molar-refractivity contribution in [1.29, 1.82) is 0 Å². The Morgan fingerprint density at radius 1 is 1.31 bits per heavy atom. The van der Waals surface area contributed by atoms with Crippen LogP contribution in [-0.4, -0.2) is 37.1 Å². The van der Waals surface area contributed by atoms with Gasteiger partial charge in [-0.2, -0.15) is 0 Å². The molecule has 0 atom stereocenters. The Hall–Kier alpha value is -2.44. The van der Waals surface area contributed by atoms with Gasteiger partial charge in [-0.05, 0) is 18.2 Å². The zero-order chi connectivity index (χ0) is 11.7. The molecule has 0 saturated carbocycles. The maximum atomic E-state index is 10.7. The van der Waals surface area contributed by atoms with Gasteiger partial charge in [0, 0.05) is 0 Å². The molecule has 0 aliphatic rings. The van der Waals surface area contributed by atoms with Crippen molar-refractivity contribution >= 4 is 23.0 Å². The van der Waals surface area contributed by atoms with Crippen molar-refractivity contribution in [2.45, 2.75) is 6.54 Å². The largest absolute Gasteiger partial charge is 0.480 e. The minimum Gasteiger partial charge on any atom is -0.480 e. The van der Waals surface area contributed by atoms with Crippen molar-refractivity contribution in [2.75, 3.05) is 0 Å². The van der Waals surface area contributed by atoms with E-state index >= 15 is 0 Å². The van der Waals surface area contributed by atoms with Gasteiger partial charge in [0.25, 0.3) is 0 Å². The molecule has 0 unspecified atom stereocenters. The quantitative estimate of drug-likeness (QED) is 0.767. The van der Waals surface area contributed by atoms with Crippen molar-refractivity contribution in [3.63, 3.8) is 0 Å². The van der Waals surface area contributed by atoms with E-state index < -0.39 is 11.9 Å². The van der Waals surface area contributed by atoms with Crippen molar-refractivity contribution in [3.8, 4) is 0 Å². The van der Waals surface area contributed by atoms with Gasteiger partial charge in [0.15, 0.2) is 0 Å². The first kappa shape index (κ1) is 10.1. The second kappa shape index (κ2) is 3.61. The Labute approximate surface area is 88.9 Å². The molecule has 2 N–H and O–H groups in total. The van der Waals surface area contributed by atoms with E-state index in [1.807, 2.05) is 0 Å². The molecule has 0 spiro atoms. The molecule has 2 rings (SSSR count). The van der Waals surface area contributed by atoms with E-state index in [1.165, 1.54) is 22.9 Å². The maximum absolute atomic E-state index is 10.7. The molecule has 0 radical (unpaired) electrons. The third-order valence-electron chi connectivity index (χ3n) is 2.05. The van der Waals surface area contributed by atoms with Crippen LogP contribution in [0.2, 0.25) is 0 Å². The van der Waals surface area contributed by atoms with Crippen LogP contribution >= 0.6 is 0 Å². The smallest absolute Gasteiger partial charge is 0.335 e. The fourth-order valence-electron chi connectivity index (χ4n) is 1.35. The summed E-state index contributed by atoms with van der Waals surface area (Å²) in [4.78, 5) is 21.2. The molecule has 0 aliphatic carbocycles. The SMILES string of the molecule is O=C(O)Cn1nnc2cc(C(=O)O)ccc21. The molecule has 0 aliphatic heterocycles. The van der Waals surface area contributed by atoms with Crippen LogP contribution in [0.5, 0.6) is 0 Å². The van der Waals surface area contributed by atoms with Crippen molar-refractivity contribution in [2.24, 2.45) is 0 Å². The van der Waals surface area contributed by atoms with Gasteiger partial charge < -0.3 is 10.2 Å². The van der Waals surface area contributed by atoms with E-state index in [9.17, 15) is 9.59 Å². The van der Waals surface area contributed by atoms with Gasteiger partial charge in [0.1, 0.15) is 12.1 Å². The lowest BCUT2D eigenvalue weighted by molar-refractivity contribution is -0.137. The molecule has 0 amide bonds. The number of carboxylic acid groups (broad SMARTS) is 2. The first-order valence-corrected chi connectivity index (χ1v) is 4.36. The Morgan fingerprint density at radius 3 is 2.69 bits per heavy atom. The number of aliphatic carboxylic acids is 1. The van der Waals surface area contributed by atoms with E-state index in [1.54, 1.807) is 0 Å². The molecule has 1 heterocycles. The van der Waals surface area contributed by atoms with Crippen LogP contribution in [0, 0.1) is 0 Å². The number of aromatic nitrogens is 3. The predicted octanol–water partition coefficient (Wildman–Crippen LogP) is 0.214. The van der Waals surface area contributed by atoms with Crippen LogP contribution in [0.15, 0.2) is 18.2 Å². The number of benzene rings is 1. The average Bonchev–Trinajstić information content (AvgIpc) is 2.60. The monoisotopic (exact) mass is 221 g/mol. The van der Waals surface area contributed by atoms with Gasteiger partial charge in [0.05, 0.1) is 11.1 Å². The molecule has 1 aromatic heterocycles. The van der Waals surface area contributed by atoms with E-state index in [4.69, 9.17) is 10.2 Å². The van der Waals surface area contributed by atoms with Crippen LogP contribution in [0.3, 0.4) is 0 Å². The normalized spacial score (nSPS) is 10.5. The van der Waals surface area contributed by atoms with Gasteiger partial charge in [0.2, 0.25) is 0 Å². The Morgan fingerprint density at radius 2 is 2.06 bits per heavy atom. The topological polar surface area (TPSA) is 105 Å². The van der Waals surface area contributed by atoms with Crippen LogP contribution in [0.25, 0.3) is 11.0 Å². The van der Waals surface area contributed by atoms with Crippen molar-refractivity contribution in [3.05, 3.63) is 23.8 Å². The van der Waals surface area contributed by atoms with Gasteiger partial charge in [-0.3, -0.25) is 4.79 Å². The molecule has 2 aromatic rings. The first-order valence-electron chi connectivity index (χ1n) is 4.36. The number of carbonyl (C=O) groups is 2. The number of rotatable bonds is 3. The minimum atomic E-state index is -1.06. The van der Waals surface area contributed by atoms with Crippen molar-refractivity contribution < 1.29 is 19.8 Å². The standard InChI is InChI=1S/C9H7N3O4/c13-8(14)4-12-7-2-1-5(9(15)16)3-6(7)10-11-12/h1-3H,4H2,(H,13,14)(H,15,16). The molecular formula is C9H7N3O4. The molecule has 7 nitrogen and oxygen atoms in total. The lowest BCUT2D eigenvalue weighted by atomic mass is 10.2. The van der Waals surface area contributed by atoms with E-state index in [0.29, 0.717) is 11.0 Å². The predicted molar refractivity (Wildman–Crippen MR) is 52.1 cm³/mol. The highest BCUT2D eigenvalue weighted by atomic mass is 16.4. The Kier molecular flexibility index (Phi) is 2.28. The van der Waals surface area contributed by atoms with Crippen LogP contribution in [0.4, 0.5) is 0 Å². The van der Waals surface area contributed by atoms with Crippen LogP contribution in [0.1, 0.15) is 10.4 Å². The summed E-state index contributed by atoms with van der Waals surface area (Å²) in [6, 6.07) is 4.22. The van der Waals surface area contributed by atoms with Crippen molar-refractivity contribution in [1.82, 2.24) is 15.0 Å². The molecule has 82 valence electrons. The first-order chi connectivity index (χ1) is 7.58. The average molecular weight is 221 g/mol. The number of nitrogens with zero attached hydrogens (tertiary/aromatic N) is 3. The fraction of sp³-hybridized carbons (Fsp3) is 0.111. The molecule has 0 saturated heterocycles. The molecule has 16 heavy (non-hydrogen) atoms.